The molecule has 2 N–H and O–H groups in total. The number of carbonyl (C=O) groups excluding carboxylic acids is 1. The molecule has 0 saturated heterocycles. The smallest absolute Gasteiger partial charge is 0.161 e. The molecule has 0 aliphatic heterocycles. The molecule has 0 bridgehead atoms. The van der Waals surface area contributed by atoms with Crippen molar-refractivity contribution in [1.82, 2.24) is 0 Å². The second-order valence-corrected chi connectivity index (χ2v) is 2.92. The van der Waals surface area contributed by atoms with Crippen LogP contribution in [0, 0.1) is 0 Å². The summed E-state index contributed by atoms with van der Waals surface area (Å²) in [6.45, 7) is 1.16. The number of Topliss-reactive ketones (excluding diaryl/α,β-unsaturated/α-hetero) is 1. The number of aliphatic hydroxyl groups is 2. The molecule has 0 amide bonds. The minimum atomic E-state index is -1.70. The standard InChI is InChI=1S/C6H10Cl2O3/c1-4(9)5(10)6(11,2-7)3-8/h5,10-11H,2-3H2,1H3. The highest BCUT2D eigenvalue weighted by Crippen LogP contribution is 2.15. The van der Waals surface area contributed by atoms with Gasteiger partial charge in [0.2, 0.25) is 0 Å². The first-order valence-corrected chi connectivity index (χ1v) is 4.07. The van der Waals surface area contributed by atoms with Crippen LogP contribution in [0.25, 0.3) is 0 Å². The molecule has 66 valence electrons. The van der Waals surface area contributed by atoms with Gasteiger partial charge in [-0.05, 0) is 6.92 Å². The predicted molar refractivity (Wildman–Crippen MR) is 43.1 cm³/mol. The molecule has 0 aromatic heterocycles. The molecule has 11 heavy (non-hydrogen) atoms. The summed E-state index contributed by atoms with van der Waals surface area (Å²) >= 11 is 10.6. The number of aliphatic hydroxyl groups excluding tert-OH is 1. The summed E-state index contributed by atoms with van der Waals surface area (Å²) in [5, 5.41) is 18.4. The van der Waals surface area contributed by atoms with Gasteiger partial charge in [0.1, 0.15) is 11.7 Å². The van der Waals surface area contributed by atoms with Gasteiger partial charge in [-0.25, -0.2) is 0 Å². The number of carbonyl (C=O) groups is 1. The van der Waals surface area contributed by atoms with E-state index in [1.807, 2.05) is 0 Å². The molecule has 0 spiro atoms. The van der Waals surface area contributed by atoms with Gasteiger partial charge in [0.15, 0.2) is 5.78 Å². The lowest BCUT2D eigenvalue weighted by Gasteiger charge is -2.26. The maximum atomic E-state index is 10.6. The fourth-order valence-corrected chi connectivity index (χ4v) is 1.14. The number of halogens is 2. The number of rotatable bonds is 4. The van der Waals surface area contributed by atoms with Crippen molar-refractivity contribution in [2.75, 3.05) is 11.8 Å². The Balaban J connectivity index is 4.36. The van der Waals surface area contributed by atoms with Gasteiger partial charge in [-0.1, -0.05) is 0 Å². The van der Waals surface area contributed by atoms with Crippen LogP contribution in [0.2, 0.25) is 0 Å². The lowest BCUT2D eigenvalue weighted by atomic mass is 9.99. The monoisotopic (exact) mass is 200 g/mol. The summed E-state index contributed by atoms with van der Waals surface area (Å²) in [5.41, 5.74) is -1.70. The van der Waals surface area contributed by atoms with Crippen molar-refractivity contribution in [2.24, 2.45) is 0 Å². The molecular weight excluding hydrogens is 191 g/mol. The maximum absolute atomic E-state index is 10.6. The van der Waals surface area contributed by atoms with E-state index >= 15 is 0 Å². The van der Waals surface area contributed by atoms with E-state index in [0.717, 1.165) is 6.92 Å². The van der Waals surface area contributed by atoms with E-state index in [2.05, 4.69) is 0 Å². The molecule has 0 aliphatic carbocycles. The van der Waals surface area contributed by atoms with Crippen LogP contribution in [0.1, 0.15) is 6.92 Å². The van der Waals surface area contributed by atoms with Gasteiger partial charge in [-0.15, -0.1) is 23.2 Å². The molecule has 1 unspecified atom stereocenters. The molecule has 0 heterocycles. The normalized spacial score (nSPS) is 14.6. The Morgan fingerprint density at radius 2 is 1.91 bits per heavy atom. The van der Waals surface area contributed by atoms with Crippen LogP contribution in [-0.2, 0) is 4.79 Å². The Hall–Kier alpha value is 0.170. The molecular formula is C6H10Cl2O3. The first kappa shape index (κ1) is 11.2. The highest BCUT2D eigenvalue weighted by Gasteiger charge is 2.36. The van der Waals surface area contributed by atoms with Gasteiger partial charge in [-0.3, -0.25) is 4.79 Å². The van der Waals surface area contributed by atoms with Gasteiger partial charge in [0.05, 0.1) is 11.8 Å². The van der Waals surface area contributed by atoms with Gasteiger partial charge in [0.25, 0.3) is 0 Å². The lowest BCUT2D eigenvalue weighted by Crippen LogP contribution is -2.49. The number of hydrogen-bond donors (Lipinski definition) is 2. The average molecular weight is 201 g/mol. The van der Waals surface area contributed by atoms with Crippen molar-refractivity contribution in [2.45, 2.75) is 18.6 Å². The Morgan fingerprint density at radius 3 is 2.00 bits per heavy atom. The third-order valence-electron chi connectivity index (χ3n) is 1.36. The SMILES string of the molecule is CC(=O)C(O)C(O)(CCl)CCl. The summed E-state index contributed by atoms with van der Waals surface area (Å²) in [6.07, 6.45) is -1.50. The molecule has 0 aliphatic rings. The van der Waals surface area contributed by atoms with E-state index in [0.29, 0.717) is 0 Å². The van der Waals surface area contributed by atoms with Crippen molar-refractivity contribution in [3.63, 3.8) is 0 Å². The quantitative estimate of drug-likeness (QED) is 0.636. The summed E-state index contributed by atoms with van der Waals surface area (Å²) in [6, 6.07) is 0. The maximum Gasteiger partial charge on any atom is 0.161 e. The van der Waals surface area contributed by atoms with Crippen LogP contribution in [0.15, 0.2) is 0 Å². The van der Waals surface area contributed by atoms with Crippen molar-refractivity contribution >= 4 is 29.0 Å². The fourth-order valence-electron chi connectivity index (χ4n) is 0.560. The Bertz CT molecular complexity index is 145. The Morgan fingerprint density at radius 1 is 1.55 bits per heavy atom. The van der Waals surface area contributed by atoms with Crippen LogP contribution >= 0.6 is 23.2 Å². The van der Waals surface area contributed by atoms with Crippen molar-refractivity contribution < 1.29 is 15.0 Å². The molecule has 0 rings (SSSR count). The van der Waals surface area contributed by atoms with Crippen molar-refractivity contribution in [3.05, 3.63) is 0 Å². The minimum absolute atomic E-state index is 0.267. The van der Waals surface area contributed by atoms with Crippen LogP contribution in [0.3, 0.4) is 0 Å². The Labute approximate surface area is 74.9 Å². The van der Waals surface area contributed by atoms with E-state index in [1.165, 1.54) is 0 Å². The summed E-state index contributed by atoms with van der Waals surface area (Å²) in [5.74, 6) is -1.08. The van der Waals surface area contributed by atoms with Gasteiger partial charge >= 0.3 is 0 Å². The molecule has 0 saturated carbocycles. The molecule has 0 radical (unpaired) electrons. The summed E-state index contributed by atoms with van der Waals surface area (Å²) < 4.78 is 0. The van der Waals surface area contributed by atoms with Crippen LogP contribution < -0.4 is 0 Å². The van der Waals surface area contributed by atoms with Crippen LogP contribution in [0.5, 0.6) is 0 Å². The molecule has 1 atom stereocenters. The van der Waals surface area contributed by atoms with E-state index in [1.54, 1.807) is 0 Å². The van der Waals surface area contributed by atoms with Gasteiger partial charge < -0.3 is 10.2 Å². The number of hydrogen-bond acceptors (Lipinski definition) is 3. The highest BCUT2D eigenvalue weighted by atomic mass is 35.5. The highest BCUT2D eigenvalue weighted by molar-refractivity contribution is 6.22. The number of ketones is 1. The van der Waals surface area contributed by atoms with E-state index in [4.69, 9.17) is 28.3 Å². The van der Waals surface area contributed by atoms with Gasteiger partial charge in [-0.2, -0.15) is 0 Å². The topological polar surface area (TPSA) is 57.5 Å². The first-order chi connectivity index (χ1) is 4.98. The van der Waals surface area contributed by atoms with E-state index < -0.39 is 17.5 Å². The van der Waals surface area contributed by atoms with E-state index in [-0.39, 0.29) is 11.8 Å². The molecule has 5 heteroatoms. The zero-order valence-corrected chi connectivity index (χ0v) is 7.56. The second kappa shape index (κ2) is 4.26. The lowest BCUT2D eigenvalue weighted by molar-refractivity contribution is -0.136. The molecule has 0 fully saturated rings. The average Bonchev–Trinajstić information content (AvgIpc) is 2.01. The third kappa shape index (κ3) is 2.60. The van der Waals surface area contributed by atoms with Crippen LogP contribution in [-0.4, -0.2) is 39.5 Å². The van der Waals surface area contributed by atoms with E-state index in [9.17, 15) is 9.90 Å². The summed E-state index contributed by atoms with van der Waals surface area (Å²) in [4.78, 5) is 10.6. The molecule has 3 nitrogen and oxygen atoms in total. The van der Waals surface area contributed by atoms with Gasteiger partial charge in [0, 0.05) is 0 Å². The number of alkyl halides is 2. The zero-order valence-electron chi connectivity index (χ0n) is 6.05. The second-order valence-electron chi connectivity index (χ2n) is 2.38. The van der Waals surface area contributed by atoms with Crippen molar-refractivity contribution in [3.8, 4) is 0 Å². The summed E-state index contributed by atoms with van der Waals surface area (Å²) in [7, 11) is 0. The molecule has 0 aromatic carbocycles. The third-order valence-corrected chi connectivity index (χ3v) is 2.28. The first-order valence-electron chi connectivity index (χ1n) is 3.00. The Kier molecular flexibility index (Phi) is 4.32. The molecule has 0 aromatic rings. The van der Waals surface area contributed by atoms with Crippen molar-refractivity contribution in [1.29, 1.82) is 0 Å². The fraction of sp³-hybridized carbons (Fsp3) is 0.833. The minimum Gasteiger partial charge on any atom is -0.384 e. The van der Waals surface area contributed by atoms with Crippen LogP contribution in [0.4, 0.5) is 0 Å². The zero-order chi connectivity index (χ0) is 9.07. The largest absolute Gasteiger partial charge is 0.384 e. The predicted octanol–water partition coefficient (Wildman–Crippen LogP) is 0.145.